The van der Waals surface area contributed by atoms with Gasteiger partial charge in [0.25, 0.3) is 0 Å². The van der Waals surface area contributed by atoms with Crippen molar-refractivity contribution in [2.24, 2.45) is 47.3 Å². The summed E-state index contributed by atoms with van der Waals surface area (Å²) in [5, 5.41) is 0. The van der Waals surface area contributed by atoms with Crippen molar-refractivity contribution in [2.45, 2.75) is 53.4 Å². The quantitative estimate of drug-likeness (QED) is 0.675. The Bertz CT molecular complexity index is 351. The predicted molar refractivity (Wildman–Crippen MR) is 79.1 cm³/mol. The van der Waals surface area contributed by atoms with Gasteiger partial charge in [-0.05, 0) is 49.4 Å². The van der Waals surface area contributed by atoms with Gasteiger partial charge in [-0.2, -0.15) is 0 Å². The maximum absolute atomic E-state index is 12.9. The molecule has 0 heterocycles. The Hall–Kier alpha value is -0.660. The molecule has 3 aliphatic carbocycles. The minimum absolute atomic E-state index is 0.0514. The van der Waals surface area contributed by atoms with Gasteiger partial charge in [0.15, 0.2) is 0 Å². The summed E-state index contributed by atoms with van der Waals surface area (Å²) in [6, 6.07) is 0. The van der Waals surface area contributed by atoms with Crippen LogP contribution in [0.2, 0.25) is 0 Å². The molecule has 0 aromatic carbocycles. The van der Waals surface area contributed by atoms with E-state index >= 15 is 0 Å². The van der Waals surface area contributed by atoms with Gasteiger partial charge >= 0.3 is 0 Å². The van der Waals surface area contributed by atoms with E-state index in [-0.39, 0.29) is 23.7 Å². The lowest BCUT2D eigenvalue weighted by Crippen LogP contribution is -2.53. The SMILES string of the molecule is CC1CC2C(=O)C3CC(C)C(C)CC3C(=O)C2CC1C. The molecule has 0 aliphatic heterocycles. The lowest BCUT2D eigenvalue weighted by Gasteiger charge is -2.48. The Morgan fingerprint density at radius 3 is 0.950 bits per heavy atom. The van der Waals surface area contributed by atoms with Crippen LogP contribution in [0, 0.1) is 47.3 Å². The molecule has 8 atom stereocenters. The highest BCUT2D eigenvalue weighted by atomic mass is 16.1. The molecule has 0 aromatic heterocycles. The van der Waals surface area contributed by atoms with Gasteiger partial charge in [0.1, 0.15) is 11.6 Å². The number of rotatable bonds is 0. The second kappa shape index (κ2) is 4.96. The topological polar surface area (TPSA) is 34.1 Å². The number of carbonyl (C=O) groups is 2. The molecule has 3 saturated carbocycles. The Morgan fingerprint density at radius 1 is 0.550 bits per heavy atom. The molecule has 3 rings (SSSR count). The van der Waals surface area contributed by atoms with Crippen LogP contribution in [0.3, 0.4) is 0 Å². The van der Waals surface area contributed by atoms with E-state index in [1.54, 1.807) is 0 Å². The second-order valence-corrected chi connectivity index (χ2v) is 8.08. The van der Waals surface area contributed by atoms with E-state index in [9.17, 15) is 9.59 Å². The second-order valence-electron chi connectivity index (χ2n) is 8.08. The number of Topliss-reactive ketones (excluding diaryl/α,β-unsaturated/α-hetero) is 2. The molecule has 0 radical (unpaired) electrons. The lowest BCUT2D eigenvalue weighted by atomic mass is 9.53. The Balaban J connectivity index is 1.88. The third kappa shape index (κ3) is 2.07. The van der Waals surface area contributed by atoms with Gasteiger partial charge in [-0.3, -0.25) is 9.59 Å². The van der Waals surface area contributed by atoms with Gasteiger partial charge in [-0.25, -0.2) is 0 Å². The summed E-state index contributed by atoms with van der Waals surface area (Å²) in [6.45, 7) is 8.99. The molecular weight excluding hydrogens is 248 g/mol. The molecule has 20 heavy (non-hydrogen) atoms. The standard InChI is InChI=1S/C18H28O2/c1-9-5-13-14(6-10(9)2)18(20)16-8-12(4)11(3)7-15(16)17(13)19/h9-16H,5-8H2,1-4H3. The van der Waals surface area contributed by atoms with Crippen molar-refractivity contribution in [3.63, 3.8) is 0 Å². The smallest absolute Gasteiger partial charge is 0.140 e. The van der Waals surface area contributed by atoms with Crippen LogP contribution in [-0.4, -0.2) is 11.6 Å². The molecule has 3 aliphatic rings. The normalized spacial score (nSPS) is 52.4. The molecule has 0 aromatic rings. The number of hydrogen-bond acceptors (Lipinski definition) is 2. The van der Waals surface area contributed by atoms with Gasteiger partial charge in [-0.1, -0.05) is 27.7 Å². The van der Waals surface area contributed by atoms with E-state index < -0.39 is 0 Å². The molecule has 0 bridgehead atoms. The largest absolute Gasteiger partial charge is 0.299 e. The molecule has 2 nitrogen and oxygen atoms in total. The van der Waals surface area contributed by atoms with E-state index in [4.69, 9.17) is 0 Å². The van der Waals surface area contributed by atoms with Crippen LogP contribution in [0.4, 0.5) is 0 Å². The molecular formula is C18H28O2. The highest BCUT2D eigenvalue weighted by Crippen LogP contribution is 2.50. The fraction of sp³-hybridized carbons (Fsp3) is 0.889. The minimum Gasteiger partial charge on any atom is -0.299 e. The Morgan fingerprint density at radius 2 is 0.750 bits per heavy atom. The highest BCUT2D eigenvalue weighted by Gasteiger charge is 2.53. The lowest BCUT2D eigenvalue weighted by molar-refractivity contribution is -0.155. The summed E-state index contributed by atoms with van der Waals surface area (Å²) in [4.78, 5) is 25.8. The van der Waals surface area contributed by atoms with Crippen molar-refractivity contribution in [3.8, 4) is 0 Å². The van der Waals surface area contributed by atoms with Crippen LogP contribution >= 0.6 is 0 Å². The average molecular weight is 276 g/mol. The average Bonchev–Trinajstić information content (AvgIpc) is 2.41. The summed E-state index contributed by atoms with van der Waals surface area (Å²) >= 11 is 0. The van der Waals surface area contributed by atoms with Crippen molar-refractivity contribution < 1.29 is 9.59 Å². The molecule has 0 spiro atoms. The number of hydrogen-bond donors (Lipinski definition) is 0. The van der Waals surface area contributed by atoms with Crippen molar-refractivity contribution in [3.05, 3.63) is 0 Å². The van der Waals surface area contributed by atoms with Gasteiger partial charge in [0, 0.05) is 23.7 Å². The van der Waals surface area contributed by atoms with Gasteiger partial charge in [-0.15, -0.1) is 0 Å². The summed E-state index contributed by atoms with van der Waals surface area (Å²) in [5.41, 5.74) is 0. The monoisotopic (exact) mass is 276 g/mol. The molecule has 112 valence electrons. The molecule has 0 saturated heterocycles. The van der Waals surface area contributed by atoms with Crippen molar-refractivity contribution in [1.82, 2.24) is 0 Å². The fourth-order valence-electron chi connectivity index (χ4n) is 5.00. The molecule has 3 fully saturated rings. The maximum atomic E-state index is 12.9. The Labute approximate surface area is 122 Å². The summed E-state index contributed by atoms with van der Waals surface area (Å²) in [5.74, 6) is 3.44. The molecule has 8 unspecified atom stereocenters. The van der Waals surface area contributed by atoms with Crippen LogP contribution in [0.5, 0.6) is 0 Å². The zero-order valence-electron chi connectivity index (χ0n) is 13.3. The molecule has 0 N–H and O–H groups in total. The highest BCUT2D eigenvalue weighted by molar-refractivity contribution is 5.99. The zero-order valence-corrected chi connectivity index (χ0v) is 13.3. The van der Waals surface area contributed by atoms with E-state index in [1.807, 2.05) is 0 Å². The summed E-state index contributed by atoms with van der Waals surface area (Å²) in [7, 11) is 0. The first-order chi connectivity index (χ1) is 9.40. The predicted octanol–water partition coefficient (Wildman–Crippen LogP) is 3.74. The van der Waals surface area contributed by atoms with Crippen LogP contribution in [0.25, 0.3) is 0 Å². The number of carbonyl (C=O) groups excluding carboxylic acids is 2. The van der Waals surface area contributed by atoms with Crippen LogP contribution < -0.4 is 0 Å². The van der Waals surface area contributed by atoms with Crippen molar-refractivity contribution in [2.75, 3.05) is 0 Å². The van der Waals surface area contributed by atoms with E-state index in [0.717, 1.165) is 25.7 Å². The first-order valence-electron chi connectivity index (χ1n) is 8.47. The summed E-state index contributed by atoms with van der Waals surface area (Å²) < 4.78 is 0. The van der Waals surface area contributed by atoms with E-state index in [2.05, 4.69) is 27.7 Å². The number of ketones is 2. The molecule has 0 amide bonds. The molecule has 2 heteroatoms. The first kappa shape index (κ1) is 14.3. The fourth-order valence-corrected chi connectivity index (χ4v) is 5.00. The van der Waals surface area contributed by atoms with Gasteiger partial charge in [0.05, 0.1) is 0 Å². The van der Waals surface area contributed by atoms with Crippen LogP contribution in [0.15, 0.2) is 0 Å². The minimum atomic E-state index is 0.0514. The first-order valence-corrected chi connectivity index (χ1v) is 8.47. The van der Waals surface area contributed by atoms with E-state index in [1.165, 1.54) is 0 Å². The van der Waals surface area contributed by atoms with Gasteiger partial charge < -0.3 is 0 Å². The van der Waals surface area contributed by atoms with Crippen LogP contribution in [0.1, 0.15) is 53.4 Å². The summed E-state index contributed by atoms with van der Waals surface area (Å²) in [6.07, 6.45) is 3.79. The maximum Gasteiger partial charge on any atom is 0.140 e. The van der Waals surface area contributed by atoms with Crippen LogP contribution in [-0.2, 0) is 9.59 Å². The Kier molecular flexibility index (Phi) is 3.54. The number of fused-ring (bicyclic) bond motifs is 2. The van der Waals surface area contributed by atoms with E-state index in [0.29, 0.717) is 35.2 Å². The zero-order chi connectivity index (χ0) is 14.6. The van der Waals surface area contributed by atoms with Gasteiger partial charge in [0.2, 0.25) is 0 Å². The third-order valence-corrected chi connectivity index (χ3v) is 6.88. The third-order valence-electron chi connectivity index (χ3n) is 6.88. The van der Waals surface area contributed by atoms with Crippen molar-refractivity contribution in [1.29, 1.82) is 0 Å². The van der Waals surface area contributed by atoms with Crippen molar-refractivity contribution >= 4 is 11.6 Å².